The van der Waals surface area contributed by atoms with Gasteiger partial charge in [-0.15, -0.1) is 0 Å². The number of nitriles is 1. The molecule has 0 amide bonds. The third-order valence-electron chi connectivity index (χ3n) is 7.46. The number of hydrogen-bond acceptors (Lipinski definition) is 5. The van der Waals surface area contributed by atoms with E-state index in [-0.39, 0.29) is 5.82 Å². The quantitative estimate of drug-likeness (QED) is 0.681. The van der Waals surface area contributed by atoms with Crippen LogP contribution in [0.5, 0.6) is 0 Å². The first-order valence-corrected chi connectivity index (χ1v) is 12.1. The maximum absolute atomic E-state index is 15.4. The van der Waals surface area contributed by atoms with Crippen molar-refractivity contribution < 1.29 is 4.39 Å². The van der Waals surface area contributed by atoms with Crippen molar-refractivity contribution in [2.45, 2.75) is 39.3 Å². The Bertz CT molecular complexity index is 996. The predicted molar refractivity (Wildman–Crippen MR) is 133 cm³/mol. The Morgan fingerprint density at radius 3 is 2.12 bits per heavy atom. The lowest BCUT2D eigenvalue weighted by atomic mass is 9.90. The molecule has 2 aliphatic rings. The van der Waals surface area contributed by atoms with Crippen molar-refractivity contribution in [2.24, 2.45) is 0 Å². The van der Waals surface area contributed by atoms with Crippen LogP contribution in [0.2, 0.25) is 0 Å². The van der Waals surface area contributed by atoms with Gasteiger partial charge < -0.3 is 9.80 Å². The summed E-state index contributed by atoms with van der Waals surface area (Å²) < 4.78 is 15.4. The Morgan fingerprint density at radius 2 is 1.52 bits per heavy atom. The van der Waals surface area contributed by atoms with E-state index in [1.54, 1.807) is 6.07 Å². The van der Waals surface area contributed by atoms with Gasteiger partial charge in [-0.05, 0) is 52.0 Å². The van der Waals surface area contributed by atoms with E-state index in [0.717, 1.165) is 69.3 Å². The van der Waals surface area contributed by atoms with E-state index in [1.165, 1.54) is 0 Å². The molecule has 2 fully saturated rings. The first kappa shape index (κ1) is 23.5. The molecule has 6 heteroatoms. The molecule has 5 nitrogen and oxygen atoms in total. The summed E-state index contributed by atoms with van der Waals surface area (Å²) in [6, 6.07) is 16.4. The minimum absolute atomic E-state index is 0.124. The van der Waals surface area contributed by atoms with Crippen LogP contribution in [0.4, 0.5) is 15.8 Å². The van der Waals surface area contributed by atoms with Gasteiger partial charge in [-0.25, -0.2) is 4.39 Å². The van der Waals surface area contributed by atoms with E-state index in [1.807, 2.05) is 30.3 Å². The summed E-state index contributed by atoms with van der Waals surface area (Å²) >= 11 is 0. The van der Waals surface area contributed by atoms with Gasteiger partial charge in [-0.1, -0.05) is 18.2 Å². The van der Waals surface area contributed by atoms with Crippen LogP contribution in [0, 0.1) is 17.1 Å². The van der Waals surface area contributed by atoms with Gasteiger partial charge in [-0.3, -0.25) is 9.80 Å². The Kier molecular flexibility index (Phi) is 6.92. The molecule has 2 aromatic rings. The molecule has 2 aliphatic heterocycles. The Morgan fingerprint density at radius 1 is 0.879 bits per heavy atom. The zero-order chi connectivity index (χ0) is 23.6. The second kappa shape index (κ2) is 9.70. The van der Waals surface area contributed by atoms with Gasteiger partial charge >= 0.3 is 0 Å². The highest BCUT2D eigenvalue weighted by Crippen LogP contribution is 2.34. The van der Waals surface area contributed by atoms with Gasteiger partial charge in [0.1, 0.15) is 11.9 Å². The van der Waals surface area contributed by atoms with E-state index < -0.39 is 5.54 Å². The average molecular weight is 450 g/mol. The zero-order valence-corrected chi connectivity index (χ0v) is 20.4. The Labute approximate surface area is 198 Å². The van der Waals surface area contributed by atoms with E-state index in [2.05, 4.69) is 59.4 Å². The number of halogens is 1. The molecular formula is C27H36FN5. The lowest BCUT2D eigenvalue weighted by Gasteiger charge is -2.45. The maximum atomic E-state index is 15.4. The molecule has 176 valence electrons. The lowest BCUT2D eigenvalue weighted by molar-refractivity contribution is 0.108. The second-order valence-electron chi connectivity index (χ2n) is 9.94. The van der Waals surface area contributed by atoms with Crippen molar-refractivity contribution in [3.63, 3.8) is 0 Å². The molecule has 0 aromatic heterocycles. The minimum atomic E-state index is -0.403. The molecule has 2 saturated heterocycles. The molecule has 0 unspecified atom stereocenters. The van der Waals surface area contributed by atoms with Gasteiger partial charge in [0.25, 0.3) is 0 Å². The van der Waals surface area contributed by atoms with Crippen LogP contribution in [0.25, 0.3) is 0 Å². The summed E-state index contributed by atoms with van der Waals surface area (Å²) in [5.41, 5.74) is 3.03. The average Bonchev–Trinajstić information content (AvgIpc) is 2.84. The number of hydrogen-bond donors (Lipinski definition) is 0. The molecule has 2 heterocycles. The Balaban J connectivity index is 1.43. The van der Waals surface area contributed by atoms with Crippen molar-refractivity contribution in [1.29, 1.82) is 5.26 Å². The van der Waals surface area contributed by atoms with Crippen LogP contribution in [-0.4, -0.2) is 68.2 Å². The molecule has 0 N–H and O–H groups in total. The van der Waals surface area contributed by atoms with Gasteiger partial charge in [0.15, 0.2) is 0 Å². The van der Waals surface area contributed by atoms with Gasteiger partial charge in [0, 0.05) is 75.2 Å². The van der Waals surface area contributed by atoms with Crippen LogP contribution < -0.4 is 9.80 Å². The molecule has 4 rings (SSSR count). The van der Waals surface area contributed by atoms with Crippen LogP contribution in [-0.2, 0) is 5.54 Å². The van der Waals surface area contributed by atoms with Crippen molar-refractivity contribution in [2.75, 3.05) is 62.2 Å². The number of anilines is 2. The summed E-state index contributed by atoms with van der Waals surface area (Å²) in [6.45, 7) is 15.9. The van der Waals surface area contributed by atoms with Crippen molar-refractivity contribution >= 4 is 11.4 Å². The largest absolute Gasteiger partial charge is 0.369 e. The molecule has 0 atom stereocenters. The fourth-order valence-corrected chi connectivity index (χ4v) is 5.21. The molecule has 2 aromatic carbocycles. The highest BCUT2D eigenvalue weighted by molar-refractivity contribution is 5.59. The van der Waals surface area contributed by atoms with Gasteiger partial charge in [-0.2, -0.15) is 5.26 Å². The molecule has 0 spiro atoms. The molecule has 0 bridgehead atoms. The van der Waals surface area contributed by atoms with Crippen molar-refractivity contribution in [3.8, 4) is 6.07 Å². The maximum Gasteiger partial charge on any atom is 0.130 e. The number of benzene rings is 2. The highest BCUT2D eigenvalue weighted by Gasteiger charge is 2.34. The van der Waals surface area contributed by atoms with Crippen LogP contribution in [0.1, 0.15) is 38.8 Å². The van der Waals surface area contributed by atoms with Crippen molar-refractivity contribution in [1.82, 2.24) is 9.80 Å². The smallest absolute Gasteiger partial charge is 0.130 e. The normalized spacial score (nSPS) is 18.6. The first-order chi connectivity index (χ1) is 15.8. The van der Waals surface area contributed by atoms with Gasteiger partial charge in [0.2, 0.25) is 0 Å². The molecule has 33 heavy (non-hydrogen) atoms. The fraction of sp³-hybridized carbons (Fsp3) is 0.519. The third kappa shape index (κ3) is 4.85. The predicted octanol–water partition coefficient (Wildman–Crippen LogP) is 4.29. The summed E-state index contributed by atoms with van der Waals surface area (Å²) in [7, 11) is 0. The highest BCUT2D eigenvalue weighted by atomic mass is 19.1. The third-order valence-corrected chi connectivity index (χ3v) is 7.46. The zero-order valence-electron chi connectivity index (χ0n) is 20.4. The number of piperazine rings is 2. The summed E-state index contributed by atoms with van der Waals surface area (Å²) in [4.78, 5) is 9.39. The first-order valence-electron chi connectivity index (χ1n) is 12.1. The van der Waals surface area contributed by atoms with Crippen LogP contribution >= 0.6 is 0 Å². The topological polar surface area (TPSA) is 36.8 Å². The molecule has 0 aliphatic carbocycles. The minimum Gasteiger partial charge on any atom is -0.369 e. The lowest BCUT2D eigenvalue weighted by Crippen LogP contribution is -2.53. The number of para-hydroxylation sites is 1. The molecule has 0 saturated carbocycles. The molecular weight excluding hydrogens is 413 g/mol. The van der Waals surface area contributed by atoms with E-state index in [0.29, 0.717) is 11.6 Å². The summed E-state index contributed by atoms with van der Waals surface area (Å²) in [6.07, 6.45) is 0. The fourth-order valence-electron chi connectivity index (χ4n) is 5.21. The standard InChI is InChI=1S/C27H36FN5/c1-21(2)30-11-13-31(14-12-30)23-9-10-24(25(28)19-23)27(3,4)33-17-15-32(16-18-33)26-8-6-5-7-22(26)20-29/h5-10,19,21H,11-18H2,1-4H3. The van der Waals surface area contributed by atoms with E-state index in [9.17, 15) is 5.26 Å². The second-order valence-corrected chi connectivity index (χ2v) is 9.94. The SMILES string of the molecule is CC(C)N1CCN(c2ccc(C(C)(C)N3CCN(c4ccccc4C#N)CC3)c(F)c2)CC1. The van der Waals surface area contributed by atoms with Gasteiger partial charge in [0.05, 0.1) is 11.3 Å². The summed E-state index contributed by atoms with van der Waals surface area (Å²) in [5, 5.41) is 9.43. The Hall–Kier alpha value is -2.62. The molecule has 0 radical (unpaired) electrons. The monoisotopic (exact) mass is 449 g/mol. The van der Waals surface area contributed by atoms with E-state index >= 15 is 4.39 Å². The van der Waals surface area contributed by atoms with Crippen LogP contribution in [0.15, 0.2) is 42.5 Å². The van der Waals surface area contributed by atoms with Crippen LogP contribution in [0.3, 0.4) is 0 Å². The number of rotatable bonds is 5. The van der Waals surface area contributed by atoms with E-state index in [4.69, 9.17) is 0 Å². The van der Waals surface area contributed by atoms with Crippen molar-refractivity contribution in [3.05, 3.63) is 59.4 Å². The number of nitrogens with zero attached hydrogens (tertiary/aromatic N) is 5. The summed E-state index contributed by atoms with van der Waals surface area (Å²) in [5.74, 6) is -0.124.